The Labute approximate surface area is 189 Å². The average molecular weight is 472 g/mol. The lowest BCUT2D eigenvalue weighted by Gasteiger charge is -2.35. The maximum Gasteiger partial charge on any atom is 0.433 e. The molecule has 32 heavy (non-hydrogen) atoms. The number of carbonyl (C=O) groups excluding carboxylic acids is 1. The molecule has 11 heteroatoms. The van der Waals surface area contributed by atoms with Crippen molar-refractivity contribution in [1.29, 1.82) is 0 Å². The van der Waals surface area contributed by atoms with Gasteiger partial charge in [-0.1, -0.05) is 32.5 Å². The van der Waals surface area contributed by atoms with Gasteiger partial charge in [0.15, 0.2) is 16.6 Å². The second-order valence-corrected chi connectivity index (χ2v) is 8.91. The van der Waals surface area contributed by atoms with Gasteiger partial charge in [0.1, 0.15) is 11.6 Å². The summed E-state index contributed by atoms with van der Waals surface area (Å²) in [4.78, 5) is 24.3. The van der Waals surface area contributed by atoms with E-state index in [0.29, 0.717) is 31.3 Å². The molecule has 3 heterocycles. The van der Waals surface area contributed by atoms with Crippen LogP contribution >= 0.6 is 11.8 Å². The number of nitrogens with zero attached hydrogens (tertiary/aromatic N) is 4. The molecule has 1 fully saturated rings. The van der Waals surface area contributed by atoms with E-state index in [4.69, 9.17) is 4.42 Å². The number of thioether (sulfide) groups is 1. The van der Waals surface area contributed by atoms with E-state index in [2.05, 4.69) is 27.1 Å². The fourth-order valence-corrected chi connectivity index (χ4v) is 3.92. The average Bonchev–Trinajstić information content (AvgIpc) is 3.24. The third-order valence-corrected chi connectivity index (χ3v) is 5.90. The van der Waals surface area contributed by atoms with Crippen LogP contribution in [0.3, 0.4) is 0 Å². The smallest absolute Gasteiger partial charge is 0.433 e. The van der Waals surface area contributed by atoms with Crippen LogP contribution in [0.25, 0.3) is 0 Å². The molecule has 1 aliphatic rings. The van der Waals surface area contributed by atoms with Crippen LogP contribution in [0.1, 0.15) is 42.8 Å². The molecule has 0 bridgehead atoms. The number of aromatic nitrogens is 2. The van der Waals surface area contributed by atoms with Gasteiger partial charge in [-0.15, -0.1) is 0 Å². The third-order valence-electron chi connectivity index (χ3n) is 5.03. The molecule has 0 atom stereocenters. The van der Waals surface area contributed by atoms with E-state index in [0.717, 1.165) is 37.5 Å². The fourth-order valence-electron chi connectivity index (χ4n) is 3.17. The highest BCUT2D eigenvalue weighted by molar-refractivity contribution is 7.98. The predicted octanol–water partition coefficient (Wildman–Crippen LogP) is 3.91. The molecule has 1 saturated heterocycles. The summed E-state index contributed by atoms with van der Waals surface area (Å²) in [6.07, 6.45) is -4.56. The number of nitrogens with one attached hydrogen (secondary N) is 1. The molecule has 2 aromatic rings. The van der Waals surface area contributed by atoms with Gasteiger partial charge in [-0.2, -0.15) is 13.2 Å². The van der Waals surface area contributed by atoms with Gasteiger partial charge in [0, 0.05) is 38.8 Å². The van der Waals surface area contributed by atoms with Crippen LogP contribution in [0.4, 0.5) is 19.0 Å². The third kappa shape index (κ3) is 6.61. The zero-order valence-electron chi connectivity index (χ0n) is 18.4. The number of furan rings is 1. The van der Waals surface area contributed by atoms with E-state index in [1.165, 1.54) is 0 Å². The van der Waals surface area contributed by atoms with Crippen molar-refractivity contribution in [3.8, 4) is 0 Å². The summed E-state index contributed by atoms with van der Waals surface area (Å²) in [6.45, 7) is 10.2. The minimum atomic E-state index is -4.56. The van der Waals surface area contributed by atoms with Crippen molar-refractivity contribution in [2.75, 3.05) is 44.2 Å². The number of rotatable bonds is 8. The Hall–Kier alpha value is -2.27. The van der Waals surface area contributed by atoms with Crippen LogP contribution in [0, 0.1) is 5.92 Å². The number of alkyl halides is 3. The number of likely N-dealkylation sites (N-methyl/N-ethyl adjacent to an activating group) is 1. The first-order valence-corrected chi connectivity index (χ1v) is 11.6. The van der Waals surface area contributed by atoms with E-state index in [-0.39, 0.29) is 28.4 Å². The Bertz CT molecular complexity index is 911. The molecular weight excluding hydrogens is 443 g/mol. The number of hydrogen-bond donors (Lipinski definition) is 1. The van der Waals surface area contributed by atoms with Crippen molar-refractivity contribution in [1.82, 2.24) is 20.2 Å². The van der Waals surface area contributed by atoms with E-state index in [1.807, 2.05) is 18.7 Å². The van der Waals surface area contributed by atoms with Crippen molar-refractivity contribution in [3.63, 3.8) is 0 Å². The molecule has 7 nitrogen and oxygen atoms in total. The summed E-state index contributed by atoms with van der Waals surface area (Å²) >= 11 is 1.05. The predicted molar refractivity (Wildman–Crippen MR) is 117 cm³/mol. The lowest BCUT2D eigenvalue weighted by atomic mass is 10.2. The van der Waals surface area contributed by atoms with Gasteiger partial charge in [-0.3, -0.25) is 4.79 Å². The van der Waals surface area contributed by atoms with Gasteiger partial charge >= 0.3 is 6.18 Å². The van der Waals surface area contributed by atoms with Crippen LogP contribution in [0.5, 0.6) is 0 Å². The zero-order valence-corrected chi connectivity index (χ0v) is 19.2. The first-order chi connectivity index (χ1) is 15.2. The van der Waals surface area contributed by atoms with Gasteiger partial charge in [-0.25, -0.2) is 9.97 Å². The van der Waals surface area contributed by atoms with Gasteiger partial charge < -0.3 is 19.5 Å². The number of piperazine rings is 1. The van der Waals surface area contributed by atoms with Crippen LogP contribution in [0.15, 0.2) is 27.8 Å². The van der Waals surface area contributed by atoms with Gasteiger partial charge in [-0.05, 0) is 24.6 Å². The Morgan fingerprint density at radius 3 is 2.56 bits per heavy atom. The van der Waals surface area contributed by atoms with Crippen LogP contribution in [0.2, 0.25) is 0 Å². The summed E-state index contributed by atoms with van der Waals surface area (Å²) in [5.74, 6) is 1.10. The van der Waals surface area contributed by atoms with Gasteiger partial charge in [0.05, 0.1) is 5.75 Å². The quantitative estimate of drug-likeness (QED) is 0.462. The molecule has 0 spiro atoms. The molecule has 0 radical (unpaired) electrons. The molecule has 0 aromatic carbocycles. The molecule has 176 valence electrons. The van der Waals surface area contributed by atoms with E-state index in [9.17, 15) is 18.0 Å². The SMILES string of the molecule is CCN1CCN(c2cc(C(F)(F)F)nc(SCc3ccc(C(=O)NCC(C)C)o3)n2)CC1. The maximum absolute atomic E-state index is 13.4. The molecule has 2 aromatic heterocycles. The molecule has 1 N–H and O–H groups in total. The Morgan fingerprint density at radius 1 is 1.22 bits per heavy atom. The largest absolute Gasteiger partial charge is 0.455 e. The molecule has 1 amide bonds. The molecule has 1 aliphatic heterocycles. The van der Waals surface area contributed by atoms with Crippen molar-refractivity contribution in [2.24, 2.45) is 5.92 Å². The summed E-state index contributed by atoms with van der Waals surface area (Å²) in [5, 5.41) is 2.79. The summed E-state index contributed by atoms with van der Waals surface area (Å²) in [6, 6.07) is 4.20. The van der Waals surface area contributed by atoms with Crippen LogP contribution < -0.4 is 10.2 Å². The molecule has 3 rings (SSSR count). The Morgan fingerprint density at radius 2 is 1.94 bits per heavy atom. The highest BCUT2D eigenvalue weighted by atomic mass is 32.2. The highest BCUT2D eigenvalue weighted by Crippen LogP contribution is 2.32. The molecule has 0 aliphatic carbocycles. The minimum absolute atomic E-state index is 0.0231. The summed E-state index contributed by atoms with van der Waals surface area (Å²) in [7, 11) is 0. The Kier molecular flexibility index (Phi) is 8.05. The number of hydrogen-bond acceptors (Lipinski definition) is 7. The maximum atomic E-state index is 13.4. The van der Waals surface area contributed by atoms with Crippen LogP contribution in [-0.2, 0) is 11.9 Å². The summed E-state index contributed by atoms with van der Waals surface area (Å²) < 4.78 is 45.8. The lowest BCUT2D eigenvalue weighted by Crippen LogP contribution is -2.46. The molecular formula is C21H28F3N5O2S. The van der Waals surface area contributed by atoms with Crippen molar-refractivity contribution in [3.05, 3.63) is 35.4 Å². The van der Waals surface area contributed by atoms with Gasteiger partial charge in [0.2, 0.25) is 0 Å². The van der Waals surface area contributed by atoms with Crippen LogP contribution in [-0.4, -0.2) is 60.0 Å². The second-order valence-electron chi connectivity index (χ2n) is 7.97. The lowest BCUT2D eigenvalue weighted by molar-refractivity contribution is -0.141. The van der Waals surface area contributed by atoms with E-state index < -0.39 is 11.9 Å². The second kappa shape index (κ2) is 10.6. The fraction of sp³-hybridized carbons (Fsp3) is 0.571. The van der Waals surface area contributed by atoms with Gasteiger partial charge in [0.25, 0.3) is 5.91 Å². The zero-order chi connectivity index (χ0) is 23.3. The first kappa shape index (κ1) is 24.4. The molecule has 0 saturated carbocycles. The van der Waals surface area contributed by atoms with E-state index >= 15 is 0 Å². The normalized spacial score (nSPS) is 15.4. The minimum Gasteiger partial charge on any atom is -0.455 e. The number of anilines is 1. The number of halogens is 3. The topological polar surface area (TPSA) is 74.5 Å². The first-order valence-electron chi connectivity index (χ1n) is 10.6. The Balaban J connectivity index is 1.70. The monoisotopic (exact) mass is 471 g/mol. The summed E-state index contributed by atoms with van der Waals surface area (Å²) in [5.41, 5.74) is -0.962. The van der Waals surface area contributed by atoms with Crippen molar-refractivity contribution < 1.29 is 22.4 Å². The van der Waals surface area contributed by atoms with Crippen molar-refractivity contribution in [2.45, 2.75) is 37.9 Å². The standard InChI is InChI=1S/C21H28F3N5O2S/c1-4-28-7-9-29(10-8-28)18-11-17(21(22,23)24)26-20(27-18)32-13-15-5-6-16(31-15)19(30)25-12-14(2)3/h5-6,11,14H,4,7-10,12-13H2,1-3H3,(H,25,30). The van der Waals surface area contributed by atoms with Crippen molar-refractivity contribution >= 4 is 23.5 Å². The number of carbonyl (C=O) groups is 1. The number of amides is 1. The van der Waals surface area contributed by atoms with E-state index in [1.54, 1.807) is 12.1 Å². The molecule has 0 unspecified atom stereocenters. The highest BCUT2D eigenvalue weighted by Gasteiger charge is 2.34.